The number of nitrogens with two attached hydrogens (primary N) is 1. The standard InChI is InChI=1S/C14H11FN2O3/c15-9-4-5-11(14(19)20)12(7-9)17-13(18)8-2-1-3-10(16)6-8/h1-7H,16H2,(H,17,18)(H,19,20). The molecule has 0 radical (unpaired) electrons. The highest BCUT2D eigenvalue weighted by Gasteiger charge is 2.14. The van der Waals surface area contributed by atoms with Gasteiger partial charge in [-0.3, -0.25) is 4.79 Å². The van der Waals surface area contributed by atoms with Crippen molar-refractivity contribution in [1.29, 1.82) is 0 Å². The lowest BCUT2D eigenvalue weighted by Gasteiger charge is -2.09. The van der Waals surface area contributed by atoms with Gasteiger partial charge in [-0.05, 0) is 36.4 Å². The molecule has 0 aliphatic heterocycles. The van der Waals surface area contributed by atoms with E-state index in [1.807, 2.05) is 0 Å². The number of carbonyl (C=O) groups is 2. The molecule has 0 saturated heterocycles. The molecule has 0 aromatic heterocycles. The van der Waals surface area contributed by atoms with Crippen molar-refractivity contribution in [3.8, 4) is 0 Å². The van der Waals surface area contributed by atoms with Gasteiger partial charge in [0.2, 0.25) is 0 Å². The van der Waals surface area contributed by atoms with E-state index in [1.165, 1.54) is 12.1 Å². The third-order valence-electron chi connectivity index (χ3n) is 2.61. The number of hydrogen-bond acceptors (Lipinski definition) is 3. The predicted molar refractivity (Wildman–Crippen MR) is 72.2 cm³/mol. The van der Waals surface area contributed by atoms with Gasteiger partial charge in [0.1, 0.15) is 5.82 Å². The Labute approximate surface area is 113 Å². The van der Waals surface area contributed by atoms with E-state index in [4.69, 9.17) is 10.8 Å². The Balaban J connectivity index is 2.32. The van der Waals surface area contributed by atoms with Crippen molar-refractivity contribution in [3.63, 3.8) is 0 Å². The molecule has 0 atom stereocenters. The number of aromatic carboxylic acids is 1. The van der Waals surface area contributed by atoms with Crippen molar-refractivity contribution in [1.82, 2.24) is 0 Å². The first-order chi connectivity index (χ1) is 9.47. The zero-order valence-electron chi connectivity index (χ0n) is 10.3. The summed E-state index contributed by atoms with van der Waals surface area (Å²) in [4.78, 5) is 23.0. The lowest BCUT2D eigenvalue weighted by Crippen LogP contribution is -2.15. The van der Waals surface area contributed by atoms with E-state index in [1.54, 1.807) is 12.1 Å². The van der Waals surface area contributed by atoms with Crippen molar-refractivity contribution in [2.45, 2.75) is 0 Å². The average molecular weight is 274 g/mol. The Kier molecular flexibility index (Phi) is 3.65. The summed E-state index contributed by atoms with van der Waals surface area (Å²) in [5, 5.41) is 11.4. The molecule has 4 N–H and O–H groups in total. The molecule has 0 saturated carbocycles. The fourth-order valence-electron chi connectivity index (χ4n) is 1.68. The molecule has 0 bridgehead atoms. The molecule has 6 heteroatoms. The number of nitrogen functional groups attached to an aromatic ring is 1. The minimum atomic E-state index is -1.26. The van der Waals surface area contributed by atoms with E-state index in [2.05, 4.69) is 5.32 Å². The van der Waals surface area contributed by atoms with Gasteiger partial charge in [0.15, 0.2) is 0 Å². The minimum Gasteiger partial charge on any atom is -0.478 e. The summed E-state index contributed by atoms with van der Waals surface area (Å²) in [5.74, 6) is -2.46. The van der Waals surface area contributed by atoms with E-state index in [-0.39, 0.29) is 16.8 Å². The van der Waals surface area contributed by atoms with Gasteiger partial charge < -0.3 is 16.2 Å². The number of nitrogens with one attached hydrogen (secondary N) is 1. The Morgan fingerprint density at radius 3 is 2.55 bits per heavy atom. The number of carboxylic acid groups (broad SMARTS) is 1. The summed E-state index contributed by atoms with van der Waals surface area (Å²) in [6.07, 6.45) is 0. The second kappa shape index (κ2) is 5.40. The monoisotopic (exact) mass is 274 g/mol. The maximum Gasteiger partial charge on any atom is 0.337 e. The first-order valence-electron chi connectivity index (χ1n) is 5.67. The summed E-state index contributed by atoms with van der Waals surface area (Å²) in [6, 6.07) is 9.22. The lowest BCUT2D eigenvalue weighted by molar-refractivity contribution is 0.0698. The van der Waals surface area contributed by atoms with Gasteiger partial charge in [-0.15, -0.1) is 0 Å². The van der Waals surface area contributed by atoms with Crippen molar-refractivity contribution in [2.75, 3.05) is 11.1 Å². The quantitative estimate of drug-likeness (QED) is 0.749. The second-order valence-corrected chi connectivity index (χ2v) is 4.07. The summed E-state index contributed by atoms with van der Waals surface area (Å²) < 4.78 is 13.2. The molecule has 0 spiro atoms. The van der Waals surface area contributed by atoms with Crippen molar-refractivity contribution >= 4 is 23.3 Å². The molecule has 0 aliphatic carbocycles. The number of rotatable bonds is 3. The normalized spacial score (nSPS) is 10.1. The van der Waals surface area contributed by atoms with E-state index in [0.717, 1.165) is 18.2 Å². The summed E-state index contributed by atoms with van der Waals surface area (Å²) in [5.41, 5.74) is 5.91. The Hall–Kier alpha value is -2.89. The van der Waals surface area contributed by atoms with Crippen LogP contribution in [-0.4, -0.2) is 17.0 Å². The maximum atomic E-state index is 13.2. The number of benzene rings is 2. The number of hydrogen-bond donors (Lipinski definition) is 3. The third-order valence-corrected chi connectivity index (χ3v) is 2.61. The van der Waals surface area contributed by atoms with Crippen LogP contribution in [-0.2, 0) is 0 Å². The van der Waals surface area contributed by atoms with Gasteiger partial charge in [0, 0.05) is 11.3 Å². The number of carboxylic acids is 1. The highest BCUT2D eigenvalue weighted by molar-refractivity contribution is 6.08. The lowest BCUT2D eigenvalue weighted by atomic mass is 10.1. The summed E-state index contributed by atoms with van der Waals surface area (Å²) in [6.45, 7) is 0. The van der Waals surface area contributed by atoms with Crippen LogP contribution in [0.5, 0.6) is 0 Å². The Morgan fingerprint density at radius 1 is 1.15 bits per heavy atom. The molecule has 20 heavy (non-hydrogen) atoms. The first-order valence-corrected chi connectivity index (χ1v) is 5.67. The number of carbonyl (C=O) groups excluding carboxylic acids is 1. The molecule has 0 fully saturated rings. The van der Waals surface area contributed by atoms with E-state index in [0.29, 0.717) is 5.69 Å². The first kappa shape index (κ1) is 13.5. The van der Waals surface area contributed by atoms with Gasteiger partial charge in [-0.25, -0.2) is 9.18 Å². The molecule has 1 amide bonds. The van der Waals surface area contributed by atoms with Crippen LogP contribution >= 0.6 is 0 Å². The summed E-state index contributed by atoms with van der Waals surface area (Å²) >= 11 is 0. The number of amides is 1. The fraction of sp³-hybridized carbons (Fsp3) is 0. The zero-order valence-corrected chi connectivity index (χ0v) is 10.3. The molecular formula is C14H11FN2O3. The fourth-order valence-corrected chi connectivity index (χ4v) is 1.68. The smallest absolute Gasteiger partial charge is 0.337 e. The van der Waals surface area contributed by atoms with Crippen LogP contribution in [0.25, 0.3) is 0 Å². The number of halogens is 1. The van der Waals surface area contributed by atoms with Crippen LogP contribution < -0.4 is 11.1 Å². The van der Waals surface area contributed by atoms with Crippen LogP contribution in [0.4, 0.5) is 15.8 Å². The van der Waals surface area contributed by atoms with E-state index < -0.39 is 17.7 Å². The Bertz CT molecular complexity index is 686. The number of anilines is 2. The molecular weight excluding hydrogens is 263 g/mol. The maximum absolute atomic E-state index is 13.2. The molecule has 0 aliphatic rings. The highest BCUT2D eigenvalue weighted by atomic mass is 19.1. The predicted octanol–water partition coefficient (Wildman–Crippen LogP) is 2.36. The SMILES string of the molecule is Nc1cccc(C(=O)Nc2cc(F)ccc2C(=O)O)c1. The molecule has 2 aromatic rings. The van der Waals surface area contributed by atoms with Crippen LogP contribution in [0.3, 0.4) is 0 Å². The van der Waals surface area contributed by atoms with Crippen LogP contribution in [0.15, 0.2) is 42.5 Å². The third kappa shape index (κ3) is 2.92. The minimum absolute atomic E-state index is 0.107. The van der Waals surface area contributed by atoms with Gasteiger partial charge in [-0.2, -0.15) is 0 Å². The average Bonchev–Trinajstić information content (AvgIpc) is 2.38. The topological polar surface area (TPSA) is 92.4 Å². The summed E-state index contributed by atoms with van der Waals surface area (Å²) in [7, 11) is 0. The Morgan fingerprint density at radius 2 is 1.90 bits per heavy atom. The largest absolute Gasteiger partial charge is 0.478 e. The van der Waals surface area contributed by atoms with Gasteiger partial charge in [0.25, 0.3) is 5.91 Å². The van der Waals surface area contributed by atoms with Crippen molar-refractivity contribution in [2.24, 2.45) is 0 Å². The zero-order chi connectivity index (χ0) is 14.7. The highest BCUT2D eigenvalue weighted by Crippen LogP contribution is 2.19. The molecule has 2 aromatic carbocycles. The van der Waals surface area contributed by atoms with Crippen LogP contribution in [0.2, 0.25) is 0 Å². The van der Waals surface area contributed by atoms with E-state index >= 15 is 0 Å². The van der Waals surface area contributed by atoms with Crippen LogP contribution in [0.1, 0.15) is 20.7 Å². The van der Waals surface area contributed by atoms with Gasteiger partial charge >= 0.3 is 5.97 Å². The van der Waals surface area contributed by atoms with Crippen LogP contribution in [0, 0.1) is 5.82 Å². The molecule has 0 heterocycles. The van der Waals surface area contributed by atoms with Gasteiger partial charge in [-0.1, -0.05) is 6.07 Å². The molecule has 0 unspecified atom stereocenters. The molecule has 102 valence electrons. The molecule has 5 nitrogen and oxygen atoms in total. The van der Waals surface area contributed by atoms with Crippen molar-refractivity contribution in [3.05, 3.63) is 59.4 Å². The van der Waals surface area contributed by atoms with Crippen molar-refractivity contribution < 1.29 is 19.1 Å². The van der Waals surface area contributed by atoms with Gasteiger partial charge in [0.05, 0.1) is 11.3 Å². The molecule has 2 rings (SSSR count). The van der Waals surface area contributed by atoms with E-state index in [9.17, 15) is 14.0 Å². The second-order valence-electron chi connectivity index (χ2n) is 4.07.